The smallest absolute Gasteiger partial charge is 0.0616 e. The lowest BCUT2D eigenvalue weighted by molar-refractivity contribution is 1.19. The van der Waals surface area contributed by atoms with E-state index < -0.39 is 0 Å². The van der Waals surface area contributed by atoms with Gasteiger partial charge in [-0.25, -0.2) is 0 Å². The standard InChI is InChI=1S/C15H10N2.ClH/c1-3-11-9-16-7-8-17-10-12-4-2-5-13(12)14(6-1)15(11)17;/h1-10H;1H. The molecule has 2 nitrogen and oxygen atoms in total. The van der Waals surface area contributed by atoms with Crippen molar-refractivity contribution in [3.8, 4) is 0 Å². The Morgan fingerprint density at radius 1 is 0.889 bits per heavy atom. The molecular formula is C15H11ClN2. The van der Waals surface area contributed by atoms with Crippen LogP contribution in [0.2, 0.25) is 0 Å². The molecule has 0 spiro atoms. The second kappa shape index (κ2) is 4.00. The van der Waals surface area contributed by atoms with Gasteiger partial charge in [0.2, 0.25) is 0 Å². The minimum atomic E-state index is 0. The molecule has 4 rings (SSSR count). The Labute approximate surface area is 110 Å². The second-order valence-corrected chi connectivity index (χ2v) is 4.25. The number of aromatic nitrogens is 2. The van der Waals surface area contributed by atoms with E-state index in [-0.39, 0.29) is 12.4 Å². The first-order chi connectivity index (χ1) is 8.43. The highest BCUT2D eigenvalue weighted by molar-refractivity contribution is 6.11. The van der Waals surface area contributed by atoms with E-state index in [4.69, 9.17) is 0 Å². The van der Waals surface area contributed by atoms with Gasteiger partial charge in [0.05, 0.1) is 5.52 Å². The molecule has 2 aromatic carbocycles. The zero-order chi connectivity index (χ0) is 11.2. The molecule has 18 heavy (non-hydrogen) atoms. The zero-order valence-electron chi connectivity index (χ0n) is 9.58. The Kier molecular flexibility index (Phi) is 2.46. The molecule has 0 unspecified atom stereocenters. The van der Waals surface area contributed by atoms with Crippen molar-refractivity contribution in [3.63, 3.8) is 0 Å². The van der Waals surface area contributed by atoms with Gasteiger partial charge in [-0.15, -0.1) is 12.4 Å². The third-order valence-corrected chi connectivity index (χ3v) is 3.27. The van der Waals surface area contributed by atoms with E-state index in [0.717, 1.165) is 5.39 Å². The molecule has 0 N–H and O–H groups in total. The van der Waals surface area contributed by atoms with Crippen LogP contribution in [-0.2, 0) is 0 Å². The van der Waals surface area contributed by atoms with E-state index in [1.165, 1.54) is 21.7 Å². The molecule has 0 aliphatic heterocycles. The van der Waals surface area contributed by atoms with Crippen molar-refractivity contribution in [2.75, 3.05) is 0 Å². The van der Waals surface area contributed by atoms with Gasteiger partial charge >= 0.3 is 0 Å². The molecule has 0 amide bonds. The summed E-state index contributed by atoms with van der Waals surface area (Å²) in [7, 11) is 0. The van der Waals surface area contributed by atoms with Crippen molar-refractivity contribution in [1.29, 1.82) is 0 Å². The highest BCUT2D eigenvalue weighted by Gasteiger charge is 2.04. The van der Waals surface area contributed by atoms with Gasteiger partial charge in [0, 0.05) is 35.6 Å². The fourth-order valence-electron chi connectivity index (χ4n) is 2.53. The number of fused-ring (bicyclic) bond motifs is 2. The van der Waals surface area contributed by atoms with Gasteiger partial charge in [-0.3, -0.25) is 4.98 Å². The fourth-order valence-corrected chi connectivity index (χ4v) is 2.53. The molecule has 2 aromatic heterocycles. The van der Waals surface area contributed by atoms with Crippen LogP contribution in [0.3, 0.4) is 0 Å². The van der Waals surface area contributed by atoms with Crippen LogP contribution in [0, 0.1) is 0 Å². The first-order valence-electron chi connectivity index (χ1n) is 5.66. The van der Waals surface area contributed by atoms with Crippen LogP contribution in [0.25, 0.3) is 27.1 Å². The summed E-state index contributed by atoms with van der Waals surface area (Å²) in [6, 6.07) is 12.8. The maximum absolute atomic E-state index is 4.26. The average molecular weight is 255 g/mol. The lowest BCUT2D eigenvalue weighted by atomic mass is 10.1. The van der Waals surface area contributed by atoms with E-state index in [1.807, 2.05) is 18.6 Å². The molecule has 4 aromatic rings. The number of para-hydroxylation sites is 1. The second-order valence-electron chi connectivity index (χ2n) is 4.25. The lowest BCUT2D eigenvalue weighted by Crippen LogP contribution is -1.86. The quantitative estimate of drug-likeness (QED) is 0.463. The van der Waals surface area contributed by atoms with E-state index in [1.54, 1.807) is 0 Å². The molecule has 0 aliphatic carbocycles. The molecule has 0 fully saturated rings. The summed E-state index contributed by atoms with van der Waals surface area (Å²) in [6.45, 7) is 0. The monoisotopic (exact) mass is 254 g/mol. The average Bonchev–Trinajstić information content (AvgIpc) is 2.73. The van der Waals surface area contributed by atoms with Crippen molar-refractivity contribution in [2.45, 2.75) is 0 Å². The molecule has 0 saturated carbocycles. The van der Waals surface area contributed by atoms with Crippen LogP contribution >= 0.6 is 12.4 Å². The van der Waals surface area contributed by atoms with Crippen molar-refractivity contribution >= 4 is 39.5 Å². The third kappa shape index (κ3) is 1.39. The zero-order valence-corrected chi connectivity index (χ0v) is 10.4. The van der Waals surface area contributed by atoms with Gasteiger partial charge < -0.3 is 4.40 Å². The number of rotatable bonds is 0. The van der Waals surface area contributed by atoms with Crippen LogP contribution in [0.1, 0.15) is 0 Å². The van der Waals surface area contributed by atoms with Gasteiger partial charge in [-0.05, 0) is 10.8 Å². The molecule has 0 saturated heterocycles. The Morgan fingerprint density at radius 2 is 1.67 bits per heavy atom. The maximum atomic E-state index is 4.26. The number of hydrogen-bond acceptors (Lipinski definition) is 1. The van der Waals surface area contributed by atoms with E-state index >= 15 is 0 Å². The summed E-state index contributed by atoms with van der Waals surface area (Å²) in [6.07, 6.45) is 7.90. The molecule has 2 heterocycles. The topological polar surface area (TPSA) is 17.3 Å². The van der Waals surface area contributed by atoms with Gasteiger partial charge in [0.15, 0.2) is 0 Å². The first kappa shape index (κ1) is 11.1. The van der Waals surface area contributed by atoms with Crippen LogP contribution in [0.4, 0.5) is 0 Å². The molecule has 3 heteroatoms. The van der Waals surface area contributed by atoms with Crippen LogP contribution < -0.4 is 0 Å². The van der Waals surface area contributed by atoms with Gasteiger partial charge in [0.25, 0.3) is 0 Å². The number of nitrogens with zero attached hydrogens (tertiary/aromatic N) is 2. The van der Waals surface area contributed by atoms with Crippen LogP contribution in [0.5, 0.6) is 0 Å². The molecule has 88 valence electrons. The Balaban J connectivity index is 0.000001000. The normalized spacial score (nSPS) is 10.9. The van der Waals surface area contributed by atoms with Crippen molar-refractivity contribution in [1.82, 2.24) is 9.38 Å². The van der Waals surface area contributed by atoms with E-state index in [9.17, 15) is 0 Å². The third-order valence-electron chi connectivity index (χ3n) is 3.27. The predicted octanol–water partition coefficient (Wildman–Crippen LogP) is 4.06. The van der Waals surface area contributed by atoms with Crippen LogP contribution in [-0.4, -0.2) is 9.38 Å². The largest absolute Gasteiger partial charge is 0.320 e. The van der Waals surface area contributed by atoms with E-state index in [0.29, 0.717) is 0 Å². The maximum Gasteiger partial charge on any atom is 0.0616 e. The number of hydrogen-bond donors (Lipinski definition) is 0. The van der Waals surface area contributed by atoms with Crippen LogP contribution in [0.15, 0.2) is 61.2 Å². The summed E-state index contributed by atoms with van der Waals surface area (Å²) in [4.78, 5) is 4.26. The Bertz CT molecular complexity index is 849. The predicted molar refractivity (Wildman–Crippen MR) is 77.5 cm³/mol. The molecular weight excluding hydrogens is 244 g/mol. The SMILES string of the molecule is Cl.c1cc2cn3ccncc4cccc(c2c1)c43. The summed E-state index contributed by atoms with van der Waals surface area (Å²) < 4.78 is 2.15. The van der Waals surface area contributed by atoms with Gasteiger partial charge in [0.1, 0.15) is 0 Å². The summed E-state index contributed by atoms with van der Waals surface area (Å²) in [5.41, 5.74) is 1.23. The molecule has 0 atom stereocenters. The number of halogens is 1. The van der Waals surface area contributed by atoms with Gasteiger partial charge in [-0.2, -0.15) is 0 Å². The van der Waals surface area contributed by atoms with Gasteiger partial charge in [-0.1, -0.05) is 36.4 Å². The number of pyridine rings is 1. The van der Waals surface area contributed by atoms with Crippen molar-refractivity contribution in [3.05, 3.63) is 61.2 Å². The van der Waals surface area contributed by atoms with Crippen molar-refractivity contribution < 1.29 is 0 Å². The summed E-state index contributed by atoms with van der Waals surface area (Å²) in [5.74, 6) is 0. The molecule has 0 aliphatic rings. The molecule has 0 bridgehead atoms. The van der Waals surface area contributed by atoms with Crippen molar-refractivity contribution in [2.24, 2.45) is 0 Å². The highest BCUT2D eigenvalue weighted by Crippen LogP contribution is 2.28. The fraction of sp³-hybridized carbons (Fsp3) is 0. The minimum absolute atomic E-state index is 0. The minimum Gasteiger partial charge on any atom is -0.320 e. The Morgan fingerprint density at radius 3 is 2.56 bits per heavy atom. The highest BCUT2D eigenvalue weighted by atomic mass is 35.5. The Hall–Kier alpha value is -2.06. The summed E-state index contributed by atoms with van der Waals surface area (Å²) >= 11 is 0. The number of benzene rings is 1. The lowest BCUT2D eigenvalue weighted by Gasteiger charge is -2.05. The summed E-state index contributed by atoms with van der Waals surface area (Å²) in [5, 5.41) is 5.02. The molecule has 0 radical (unpaired) electrons. The first-order valence-corrected chi connectivity index (χ1v) is 5.66. The van der Waals surface area contributed by atoms with E-state index in [2.05, 4.69) is 52.0 Å².